The average molecular weight is 426 g/mol. The smallest absolute Gasteiger partial charge is 0.238 e. The van der Waals surface area contributed by atoms with Gasteiger partial charge in [0, 0.05) is 30.3 Å². The summed E-state index contributed by atoms with van der Waals surface area (Å²) in [4.78, 5) is 0.0434. The second kappa shape index (κ2) is 7.58. The minimum atomic E-state index is -3.78. The Morgan fingerprint density at radius 3 is 2.47 bits per heavy atom. The number of sulfonamides is 1. The van der Waals surface area contributed by atoms with Crippen molar-refractivity contribution in [1.29, 1.82) is 0 Å². The van der Waals surface area contributed by atoms with Crippen LogP contribution in [0.15, 0.2) is 64.7 Å². The summed E-state index contributed by atoms with van der Waals surface area (Å²) in [6.07, 6.45) is 2.58. The highest BCUT2D eigenvalue weighted by atomic mass is 32.2. The third-order valence-electron chi connectivity index (χ3n) is 5.22. The molecule has 9 heteroatoms. The number of benzene rings is 2. The molecule has 3 N–H and O–H groups in total. The molecule has 4 rings (SSSR count). The molecule has 3 aromatic rings. The fourth-order valence-electron chi connectivity index (χ4n) is 3.68. The fourth-order valence-corrected chi connectivity index (χ4v) is 4.20. The standard InChI is InChI=1S/C21H23N5O3S/c1-3-25-13-18(14(2)23-25)20-12-19(17-6-4-5-7-21(17)27)24-26(20)15-8-10-16(11-9-15)30(22,28)29/h4-11,13,20,27H,3,12H2,1-2H3,(H2,22,28,29). The number of nitrogens with two attached hydrogens (primary N) is 1. The van der Waals surface area contributed by atoms with Gasteiger partial charge < -0.3 is 5.11 Å². The number of para-hydroxylation sites is 1. The number of hydrazone groups is 1. The zero-order valence-electron chi connectivity index (χ0n) is 16.7. The Morgan fingerprint density at radius 2 is 1.87 bits per heavy atom. The summed E-state index contributed by atoms with van der Waals surface area (Å²) in [6.45, 7) is 4.74. The van der Waals surface area contributed by atoms with Crippen molar-refractivity contribution in [3.63, 3.8) is 0 Å². The van der Waals surface area contributed by atoms with Gasteiger partial charge in [0.05, 0.1) is 28.0 Å². The van der Waals surface area contributed by atoms with Crippen molar-refractivity contribution in [2.75, 3.05) is 5.01 Å². The number of hydrogen-bond donors (Lipinski definition) is 2. The van der Waals surface area contributed by atoms with Crippen LogP contribution in [0.25, 0.3) is 0 Å². The summed E-state index contributed by atoms with van der Waals surface area (Å²) in [5.41, 5.74) is 4.08. The predicted octanol–water partition coefficient (Wildman–Crippen LogP) is 2.92. The molecule has 0 bridgehead atoms. The third kappa shape index (κ3) is 3.69. The van der Waals surface area contributed by atoms with Crippen LogP contribution in [-0.2, 0) is 16.6 Å². The van der Waals surface area contributed by atoms with Crippen molar-refractivity contribution >= 4 is 21.4 Å². The van der Waals surface area contributed by atoms with Crippen molar-refractivity contribution < 1.29 is 13.5 Å². The summed E-state index contributed by atoms with van der Waals surface area (Å²) < 4.78 is 25.1. The molecule has 0 saturated heterocycles. The highest BCUT2D eigenvalue weighted by Crippen LogP contribution is 2.39. The largest absolute Gasteiger partial charge is 0.507 e. The van der Waals surface area contributed by atoms with Gasteiger partial charge in [-0.2, -0.15) is 10.2 Å². The number of anilines is 1. The number of aromatic hydroxyl groups is 1. The number of nitrogens with zero attached hydrogens (tertiary/aromatic N) is 4. The first-order valence-electron chi connectivity index (χ1n) is 9.60. The van der Waals surface area contributed by atoms with Crippen molar-refractivity contribution in [3.8, 4) is 5.75 Å². The fraction of sp³-hybridized carbons (Fsp3) is 0.238. The van der Waals surface area contributed by atoms with Gasteiger partial charge in [0.15, 0.2) is 0 Å². The topological polar surface area (TPSA) is 114 Å². The molecule has 1 aliphatic rings. The van der Waals surface area contributed by atoms with Gasteiger partial charge in [0.2, 0.25) is 10.0 Å². The minimum absolute atomic E-state index is 0.0434. The molecule has 8 nitrogen and oxygen atoms in total. The van der Waals surface area contributed by atoms with Crippen LogP contribution in [-0.4, -0.2) is 29.0 Å². The minimum Gasteiger partial charge on any atom is -0.507 e. The Hall–Kier alpha value is -3.17. The molecule has 1 aliphatic heterocycles. The number of phenols is 1. The Balaban J connectivity index is 1.79. The molecule has 1 atom stereocenters. The molecule has 0 fully saturated rings. The van der Waals surface area contributed by atoms with E-state index in [0.29, 0.717) is 12.0 Å². The van der Waals surface area contributed by atoms with Crippen LogP contribution < -0.4 is 10.1 Å². The molecule has 30 heavy (non-hydrogen) atoms. The van der Waals surface area contributed by atoms with Gasteiger partial charge in [0.1, 0.15) is 5.75 Å². The van der Waals surface area contributed by atoms with Crippen LogP contribution in [0, 0.1) is 6.92 Å². The normalized spacial score (nSPS) is 16.7. The van der Waals surface area contributed by atoms with E-state index in [0.717, 1.165) is 29.2 Å². The van der Waals surface area contributed by atoms with E-state index >= 15 is 0 Å². The first-order chi connectivity index (χ1) is 14.3. The first-order valence-corrected chi connectivity index (χ1v) is 11.1. The van der Waals surface area contributed by atoms with Gasteiger partial charge in [-0.25, -0.2) is 13.6 Å². The zero-order valence-corrected chi connectivity index (χ0v) is 17.5. The second-order valence-corrected chi connectivity index (χ2v) is 8.75. The van der Waals surface area contributed by atoms with Crippen LogP contribution in [0.2, 0.25) is 0 Å². The maximum absolute atomic E-state index is 11.6. The van der Waals surface area contributed by atoms with E-state index < -0.39 is 10.0 Å². The van der Waals surface area contributed by atoms with Crippen LogP contribution >= 0.6 is 0 Å². The molecule has 1 unspecified atom stereocenters. The summed E-state index contributed by atoms with van der Waals surface area (Å²) in [5.74, 6) is 0.169. The van der Waals surface area contributed by atoms with Crippen LogP contribution in [0.5, 0.6) is 5.75 Å². The Kier molecular flexibility index (Phi) is 5.08. The van der Waals surface area contributed by atoms with E-state index in [1.165, 1.54) is 12.1 Å². The van der Waals surface area contributed by atoms with E-state index in [1.54, 1.807) is 24.3 Å². The summed E-state index contributed by atoms with van der Waals surface area (Å²) in [6, 6.07) is 13.3. The lowest BCUT2D eigenvalue weighted by atomic mass is 9.98. The zero-order chi connectivity index (χ0) is 21.5. The maximum atomic E-state index is 11.6. The first kappa shape index (κ1) is 20.1. The number of phenolic OH excluding ortho intramolecular Hbond substituents is 1. The Labute approximate surface area is 175 Å². The molecule has 1 aromatic heterocycles. The number of hydrogen-bond acceptors (Lipinski definition) is 6. The van der Waals surface area contributed by atoms with E-state index in [4.69, 9.17) is 10.2 Å². The lowest BCUT2D eigenvalue weighted by molar-refractivity contribution is 0.474. The van der Waals surface area contributed by atoms with E-state index in [2.05, 4.69) is 5.10 Å². The molecular weight excluding hydrogens is 402 g/mol. The summed E-state index contributed by atoms with van der Waals surface area (Å²) in [7, 11) is -3.78. The predicted molar refractivity (Wildman–Crippen MR) is 115 cm³/mol. The molecule has 156 valence electrons. The molecule has 0 radical (unpaired) electrons. The quantitative estimate of drug-likeness (QED) is 0.652. The Morgan fingerprint density at radius 1 is 1.17 bits per heavy atom. The van der Waals surface area contributed by atoms with E-state index in [9.17, 15) is 13.5 Å². The monoisotopic (exact) mass is 425 g/mol. The van der Waals surface area contributed by atoms with E-state index in [1.807, 2.05) is 41.9 Å². The van der Waals surface area contributed by atoms with Crippen molar-refractivity contribution in [2.24, 2.45) is 10.2 Å². The third-order valence-corrected chi connectivity index (χ3v) is 6.15. The highest BCUT2D eigenvalue weighted by Gasteiger charge is 2.33. The van der Waals surface area contributed by atoms with Gasteiger partial charge >= 0.3 is 0 Å². The number of aromatic nitrogens is 2. The van der Waals surface area contributed by atoms with Gasteiger partial charge in [-0.3, -0.25) is 9.69 Å². The number of primary sulfonamides is 1. The van der Waals surface area contributed by atoms with Crippen molar-refractivity contribution in [1.82, 2.24) is 9.78 Å². The lowest BCUT2D eigenvalue weighted by Gasteiger charge is -2.23. The van der Waals surface area contributed by atoms with Crippen molar-refractivity contribution in [2.45, 2.75) is 37.8 Å². The maximum Gasteiger partial charge on any atom is 0.238 e. The number of rotatable bonds is 5. The van der Waals surface area contributed by atoms with Gasteiger partial charge in [-0.1, -0.05) is 12.1 Å². The average Bonchev–Trinajstić information content (AvgIpc) is 3.31. The SMILES string of the molecule is CCn1cc(C2CC(c3ccccc3O)=NN2c2ccc(S(N)(=O)=O)cc2)c(C)n1. The Bertz CT molecular complexity index is 1220. The van der Waals surface area contributed by atoms with Crippen LogP contribution in [0.1, 0.15) is 36.2 Å². The molecular formula is C21H23N5O3S. The summed E-state index contributed by atoms with van der Waals surface area (Å²) in [5, 5.41) is 26.7. The lowest BCUT2D eigenvalue weighted by Crippen LogP contribution is -2.19. The highest BCUT2D eigenvalue weighted by molar-refractivity contribution is 7.89. The van der Waals surface area contributed by atoms with Crippen molar-refractivity contribution in [3.05, 3.63) is 71.5 Å². The summed E-state index contributed by atoms with van der Waals surface area (Å²) >= 11 is 0. The van der Waals surface area contributed by atoms with Gasteiger partial charge in [-0.05, 0) is 50.2 Å². The molecule has 0 aliphatic carbocycles. The number of aryl methyl sites for hydroxylation is 2. The molecule has 0 saturated carbocycles. The van der Waals surface area contributed by atoms with Crippen LogP contribution in [0.3, 0.4) is 0 Å². The van der Waals surface area contributed by atoms with E-state index in [-0.39, 0.29) is 16.7 Å². The van der Waals surface area contributed by atoms with Gasteiger partial charge in [-0.15, -0.1) is 0 Å². The second-order valence-electron chi connectivity index (χ2n) is 7.19. The molecule has 0 amide bonds. The molecule has 2 aromatic carbocycles. The molecule has 2 heterocycles. The van der Waals surface area contributed by atoms with Crippen LogP contribution in [0.4, 0.5) is 5.69 Å². The molecule has 0 spiro atoms. The van der Waals surface area contributed by atoms with Gasteiger partial charge in [0.25, 0.3) is 0 Å².